The lowest BCUT2D eigenvalue weighted by Gasteiger charge is -2.23. The van der Waals surface area contributed by atoms with Crippen molar-refractivity contribution in [3.05, 3.63) is 97.1 Å². The first-order valence-corrected chi connectivity index (χ1v) is 11.1. The molecule has 0 atom stereocenters. The molecule has 164 valence electrons. The lowest BCUT2D eigenvalue weighted by Crippen LogP contribution is -2.24. The average Bonchev–Trinajstić information content (AvgIpc) is 3.29. The van der Waals surface area contributed by atoms with E-state index in [0.717, 1.165) is 44.7 Å². The summed E-state index contributed by atoms with van der Waals surface area (Å²) in [7, 11) is 0. The Morgan fingerprint density at radius 2 is 1.58 bits per heavy atom. The summed E-state index contributed by atoms with van der Waals surface area (Å²) >= 11 is 0. The fourth-order valence-electron chi connectivity index (χ4n) is 3.93. The topological polar surface area (TPSA) is 52.8 Å². The van der Waals surface area contributed by atoms with E-state index in [9.17, 15) is 0 Å². The molecule has 0 spiro atoms. The summed E-state index contributed by atoms with van der Waals surface area (Å²) in [4.78, 5) is 8.84. The maximum Gasteiger partial charge on any atom is 0.130 e. The third-order valence-corrected chi connectivity index (χ3v) is 5.57. The Morgan fingerprint density at radius 1 is 0.818 bits per heavy atom. The van der Waals surface area contributed by atoms with Gasteiger partial charge in [-0.05, 0) is 74.9 Å². The van der Waals surface area contributed by atoms with Crippen molar-refractivity contribution in [1.82, 2.24) is 19.7 Å². The first-order valence-electron chi connectivity index (χ1n) is 11.1. The van der Waals surface area contributed by atoms with Crippen LogP contribution in [0.3, 0.4) is 0 Å². The van der Waals surface area contributed by atoms with Crippen LogP contribution in [0.15, 0.2) is 91.4 Å². The van der Waals surface area contributed by atoms with Crippen molar-refractivity contribution in [3.8, 4) is 28.1 Å². The van der Waals surface area contributed by atoms with Crippen LogP contribution in [-0.2, 0) is 12.1 Å². The fraction of sp³-hybridized carbons (Fsp3) is 0.179. The molecule has 0 amide bonds. The summed E-state index contributed by atoms with van der Waals surface area (Å²) in [6.07, 6.45) is 5.56. The van der Waals surface area contributed by atoms with Gasteiger partial charge in [-0.25, -0.2) is 4.98 Å². The molecule has 0 saturated heterocycles. The van der Waals surface area contributed by atoms with Gasteiger partial charge in [0.2, 0.25) is 0 Å². The van der Waals surface area contributed by atoms with Crippen LogP contribution in [0.25, 0.3) is 33.3 Å². The van der Waals surface area contributed by atoms with Gasteiger partial charge < -0.3 is 4.74 Å². The van der Waals surface area contributed by atoms with Crippen LogP contribution in [-0.4, -0.2) is 19.7 Å². The van der Waals surface area contributed by atoms with E-state index in [1.54, 1.807) is 0 Å². The third kappa shape index (κ3) is 4.35. The summed E-state index contributed by atoms with van der Waals surface area (Å²) in [5, 5.41) is 5.85. The van der Waals surface area contributed by atoms with Gasteiger partial charge in [-0.1, -0.05) is 24.3 Å². The van der Waals surface area contributed by atoms with Gasteiger partial charge in [-0.15, -0.1) is 0 Å². The maximum atomic E-state index is 6.03. The number of rotatable bonds is 5. The van der Waals surface area contributed by atoms with E-state index in [-0.39, 0.29) is 5.54 Å². The monoisotopic (exact) mass is 434 g/mol. The van der Waals surface area contributed by atoms with Crippen LogP contribution in [0.5, 0.6) is 5.75 Å². The summed E-state index contributed by atoms with van der Waals surface area (Å²) < 4.78 is 8.11. The van der Waals surface area contributed by atoms with Crippen molar-refractivity contribution in [2.45, 2.75) is 32.9 Å². The number of pyridine rings is 2. The van der Waals surface area contributed by atoms with Crippen LogP contribution < -0.4 is 4.74 Å². The van der Waals surface area contributed by atoms with E-state index < -0.39 is 0 Å². The summed E-state index contributed by atoms with van der Waals surface area (Å²) in [5.74, 6) is 0.806. The second-order valence-corrected chi connectivity index (χ2v) is 9.03. The lowest BCUT2D eigenvalue weighted by molar-refractivity contribution is 0.302. The average molecular weight is 435 g/mol. The number of para-hydroxylation sites is 1. The quantitative estimate of drug-likeness (QED) is 0.317. The van der Waals surface area contributed by atoms with E-state index in [1.165, 1.54) is 0 Å². The lowest BCUT2D eigenvalue weighted by atomic mass is 10.0. The molecule has 0 bridgehead atoms. The molecule has 0 N–H and O–H groups in total. The van der Waals surface area contributed by atoms with Crippen molar-refractivity contribution in [3.63, 3.8) is 0 Å². The zero-order chi connectivity index (χ0) is 22.8. The summed E-state index contributed by atoms with van der Waals surface area (Å²) in [5.41, 5.74) is 6.08. The number of hydrogen-bond donors (Lipinski definition) is 0. The Kier molecular flexibility index (Phi) is 5.38. The molecular weight excluding hydrogens is 408 g/mol. The van der Waals surface area contributed by atoms with E-state index >= 15 is 0 Å². The normalized spacial score (nSPS) is 11.6. The summed E-state index contributed by atoms with van der Waals surface area (Å²) in [6, 6.07) is 24.4. The fourth-order valence-corrected chi connectivity index (χ4v) is 3.93. The smallest absolute Gasteiger partial charge is 0.130 e. The zero-order valence-electron chi connectivity index (χ0n) is 19.1. The van der Waals surface area contributed by atoms with Gasteiger partial charge >= 0.3 is 0 Å². The molecule has 5 nitrogen and oxygen atoms in total. The van der Waals surface area contributed by atoms with Gasteiger partial charge in [-0.3, -0.25) is 9.67 Å². The van der Waals surface area contributed by atoms with Gasteiger partial charge in [-0.2, -0.15) is 5.10 Å². The zero-order valence-corrected chi connectivity index (χ0v) is 19.1. The largest absolute Gasteiger partial charge is 0.487 e. The molecule has 0 aliphatic rings. The number of nitrogens with zero attached hydrogens (tertiary/aromatic N) is 4. The Balaban J connectivity index is 1.41. The molecule has 5 heteroatoms. The molecule has 0 saturated carbocycles. The van der Waals surface area contributed by atoms with Crippen molar-refractivity contribution in [2.24, 2.45) is 0 Å². The minimum atomic E-state index is -0.155. The Hall–Kier alpha value is -3.99. The minimum Gasteiger partial charge on any atom is -0.487 e. The molecule has 0 unspecified atom stereocenters. The highest BCUT2D eigenvalue weighted by Gasteiger charge is 2.22. The van der Waals surface area contributed by atoms with Gasteiger partial charge in [0.15, 0.2) is 0 Å². The molecule has 33 heavy (non-hydrogen) atoms. The van der Waals surface area contributed by atoms with Crippen LogP contribution >= 0.6 is 0 Å². The van der Waals surface area contributed by atoms with Crippen molar-refractivity contribution in [1.29, 1.82) is 0 Å². The molecule has 2 aromatic carbocycles. The molecule has 0 aliphatic carbocycles. The predicted octanol–water partition coefficient (Wildman–Crippen LogP) is 6.49. The van der Waals surface area contributed by atoms with Crippen molar-refractivity contribution >= 4 is 10.9 Å². The highest BCUT2D eigenvalue weighted by atomic mass is 16.5. The molecule has 0 aliphatic heterocycles. The SMILES string of the molecule is CC(C)(C)n1ncc(-c2ccncc2)c1-c1ccc(OCc2ccc3ccccc3n2)cc1. The Morgan fingerprint density at radius 3 is 2.33 bits per heavy atom. The highest BCUT2D eigenvalue weighted by Crippen LogP contribution is 2.35. The van der Waals surface area contributed by atoms with E-state index in [0.29, 0.717) is 6.61 Å². The van der Waals surface area contributed by atoms with Gasteiger partial charge in [0.25, 0.3) is 0 Å². The van der Waals surface area contributed by atoms with Gasteiger partial charge in [0, 0.05) is 28.9 Å². The van der Waals surface area contributed by atoms with Crippen molar-refractivity contribution in [2.75, 3.05) is 0 Å². The minimum absolute atomic E-state index is 0.155. The number of fused-ring (bicyclic) bond motifs is 1. The molecule has 3 heterocycles. The molecule has 0 radical (unpaired) electrons. The second-order valence-electron chi connectivity index (χ2n) is 9.03. The number of ether oxygens (including phenoxy) is 1. The highest BCUT2D eigenvalue weighted by molar-refractivity contribution is 5.81. The van der Waals surface area contributed by atoms with Crippen LogP contribution in [0.1, 0.15) is 26.5 Å². The second kappa shape index (κ2) is 8.51. The van der Waals surface area contributed by atoms with Crippen LogP contribution in [0.4, 0.5) is 0 Å². The van der Waals surface area contributed by atoms with Crippen molar-refractivity contribution < 1.29 is 4.74 Å². The molecule has 3 aromatic heterocycles. The Bertz CT molecular complexity index is 1380. The number of aromatic nitrogens is 4. The maximum absolute atomic E-state index is 6.03. The first kappa shape index (κ1) is 20.9. The van der Waals surface area contributed by atoms with Crippen LogP contribution in [0.2, 0.25) is 0 Å². The van der Waals surface area contributed by atoms with E-state index in [1.807, 2.05) is 67.1 Å². The number of benzene rings is 2. The van der Waals surface area contributed by atoms with E-state index in [4.69, 9.17) is 14.8 Å². The molecule has 5 aromatic rings. The van der Waals surface area contributed by atoms with Gasteiger partial charge in [0.1, 0.15) is 12.4 Å². The number of hydrogen-bond acceptors (Lipinski definition) is 4. The predicted molar refractivity (Wildman–Crippen MR) is 132 cm³/mol. The third-order valence-electron chi connectivity index (χ3n) is 5.57. The summed E-state index contributed by atoms with van der Waals surface area (Å²) in [6.45, 7) is 6.90. The van der Waals surface area contributed by atoms with E-state index in [2.05, 4.69) is 54.7 Å². The van der Waals surface area contributed by atoms with Crippen LogP contribution in [0, 0.1) is 0 Å². The standard InChI is InChI=1S/C28H26N4O/c1-28(2,3)32-27(25(18-30-32)20-14-16-29-17-15-20)22-9-12-24(13-10-22)33-19-23-11-8-21-6-4-5-7-26(21)31-23/h4-18H,19H2,1-3H3. The molecular formula is C28H26N4O. The molecule has 5 rings (SSSR count). The first-order chi connectivity index (χ1) is 16.0. The van der Waals surface area contributed by atoms with Gasteiger partial charge in [0.05, 0.1) is 28.6 Å². The Labute approximate surface area is 193 Å². The molecule has 0 fully saturated rings.